The highest BCUT2D eigenvalue weighted by Crippen LogP contribution is 2.47. The van der Waals surface area contributed by atoms with Gasteiger partial charge in [-0.15, -0.1) is 0 Å². The summed E-state index contributed by atoms with van der Waals surface area (Å²) >= 11 is 0. The first-order valence-electron chi connectivity index (χ1n) is 20.8. The number of nitrogens with zero attached hydrogens (tertiary/aromatic N) is 2. The van der Waals surface area contributed by atoms with Crippen molar-refractivity contribution in [2.24, 2.45) is 0 Å². The Kier molecular flexibility index (Phi) is 8.17. The molecule has 0 spiro atoms. The fourth-order valence-corrected chi connectivity index (χ4v) is 9.53. The third kappa shape index (κ3) is 5.74. The minimum Gasteiger partial charge on any atom is -0.456 e. The minimum atomic E-state index is 0.885. The topological polar surface area (TPSA) is 21.3 Å². The summed E-state index contributed by atoms with van der Waals surface area (Å²) in [7, 11) is 0. The molecular formula is C58H38N2O. The quantitative estimate of drug-likeness (QED) is 0.161. The van der Waals surface area contributed by atoms with Gasteiger partial charge in [-0.05, 0) is 99.3 Å². The van der Waals surface area contributed by atoms with Gasteiger partial charge in [0.2, 0.25) is 0 Å². The lowest BCUT2D eigenvalue weighted by molar-refractivity contribution is 0.669. The Morgan fingerprint density at radius 1 is 0.344 bits per heavy atom. The van der Waals surface area contributed by atoms with Crippen LogP contribution in [0.4, 0.5) is 17.1 Å². The number of benzene rings is 10. The first-order valence-corrected chi connectivity index (χ1v) is 20.8. The van der Waals surface area contributed by atoms with Gasteiger partial charge in [0, 0.05) is 44.2 Å². The molecule has 10 aromatic carbocycles. The first-order chi connectivity index (χ1) is 30.3. The molecule has 0 unspecified atom stereocenters. The molecule has 0 radical (unpaired) electrons. The van der Waals surface area contributed by atoms with Crippen LogP contribution in [-0.4, -0.2) is 4.57 Å². The molecule has 0 N–H and O–H groups in total. The van der Waals surface area contributed by atoms with Crippen molar-refractivity contribution < 1.29 is 4.42 Å². The average Bonchev–Trinajstić information content (AvgIpc) is 3.88. The molecule has 3 nitrogen and oxygen atoms in total. The third-order valence-electron chi connectivity index (χ3n) is 12.2. The molecular weight excluding hydrogens is 741 g/mol. The fraction of sp³-hybridized carbons (Fsp3) is 0. The van der Waals surface area contributed by atoms with Crippen LogP contribution in [0.25, 0.3) is 93.6 Å². The smallest absolute Gasteiger partial charge is 0.136 e. The SMILES string of the molecule is c1ccc(-c2cccc3cccc(-c4ccccc4N(c4cccc(-c5cccc6oc7ccccc7c56)c4)c4ccc5c6ccccc6n(-c6ccccc6)c5c4)c23)cc1. The van der Waals surface area contributed by atoms with E-state index in [4.69, 9.17) is 4.42 Å². The standard InChI is InChI=1S/C58H38N2O/c1-3-17-39(18-4-1)45-28-14-19-40-20-15-30-50(57(40)45)48-26-8-10-31-52(48)59(43-24-13-21-41(37-43)46-29-16-34-56-58(46)51-27-9-12-33-55(51)61-56)44-35-36-49-47-25-7-11-32-53(47)60(54(49)38-44)42-22-5-2-6-23-42/h1-38H. The molecule has 61 heavy (non-hydrogen) atoms. The molecule has 0 saturated carbocycles. The van der Waals surface area contributed by atoms with Crippen molar-refractivity contribution in [3.05, 3.63) is 231 Å². The van der Waals surface area contributed by atoms with E-state index in [1.165, 1.54) is 43.8 Å². The normalized spacial score (nSPS) is 11.6. The molecule has 0 saturated heterocycles. The van der Waals surface area contributed by atoms with Gasteiger partial charge < -0.3 is 13.9 Å². The molecule has 3 heteroatoms. The summed E-state index contributed by atoms with van der Waals surface area (Å²) in [6.07, 6.45) is 0. The van der Waals surface area contributed by atoms with Crippen molar-refractivity contribution in [1.82, 2.24) is 4.57 Å². The lowest BCUT2D eigenvalue weighted by atomic mass is 9.90. The molecule has 0 bridgehead atoms. The molecule has 286 valence electrons. The number of para-hydroxylation sites is 4. The number of hydrogen-bond donors (Lipinski definition) is 0. The maximum absolute atomic E-state index is 6.37. The van der Waals surface area contributed by atoms with Crippen LogP contribution in [0.15, 0.2) is 235 Å². The number of fused-ring (bicyclic) bond motifs is 7. The molecule has 0 aliphatic rings. The number of furan rings is 1. The summed E-state index contributed by atoms with van der Waals surface area (Å²) < 4.78 is 8.77. The van der Waals surface area contributed by atoms with Gasteiger partial charge in [-0.1, -0.05) is 170 Å². The summed E-state index contributed by atoms with van der Waals surface area (Å²) in [5.41, 5.74) is 15.4. The highest BCUT2D eigenvalue weighted by Gasteiger charge is 2.22. The van der Waals surface area contributed by atoms with Crippen LogP contribution in [0.2, 0.25) is 0 Å². The second-order valence-corrected chi connectivity index (χ2v) is 15.6. The van der Waals surface area contributed by atoms with Gasteiger partial charge >= 0.3 is 0 Å². The number of anilines is 3. The molecule has 12 rings (SSSR count). The Morgan fingerprint density at radius 2 is 0.934 bits per heavy atom. The Morgan fingerprint density at radius 3 is 1.79 bits per heavy atom. The van der Waals surface area contributed by atoms with E-state index in [-0.39, 0.29) is 0 Å². The zero-order valence-electron chi connectivity index (χ0n) is 33.2. The van der Waals surface area contributed by atoms with Crippen molar-refractivity contribution >= 4 is 71.6 Å². The van der Waals surface area contributed by atoms with Crippen LogP contribution in [0.3, 0.4) is 0 Å². The summed E-state index contributed by atoms with van der Waals surface area (Å²) in [5.74, 6) is 0. The molecule has 2 heterocycles. The lowest BCUT2D eigenvalue weighted by Gasteiger charge is -2.29. The summed E-state index contributed by atoms with van der Waals surface area (Å²) in [4.78, 5) is 2.45. The predicted octanol–water partition coefficient (Wildman–Crippen LogP) is 16.3. The van der Waals surface area contributed by atoms with E-state index in [2.05, 4.69) is 234 Å². The Bertz CT molecular complexity index is 3590. The predicted molar refractivity (Wildman–Crippen MR) is 257 cm³/mol. The van der Waals surface area contributed by atoms with Crippen LogP contribution in [-0.2, 0) is 0 Å². The highest BCUT2D eigenvalue weighted by molar-refractivity contribution is 6.14. The molecule has 0 atom stereocenters. The van der Waals surface area contributed by atoms with Crippen LogP contribution >= 0.6 is 0 Å². The van der Waals surface area contributed by atoms with Crippen molar-refractivity contribution in [3.8, 4) is 39.1 Å². The van der Waals surface area contributed by atoms with Crippen molar-refractivity contribution in [1.29, 1.82) is 0 Å². The molecule has 0 fully saturated rings. The van der Waals surface area contributed by atoms with E-state index in [0.29, 0.717) is 0 Å². The highest BCUT2D eigenvalue weighted by atomic mass is 16.3. The van der Waals surface area contributed by atoms with Crippen molar-refractivity contribution in [2.75, 3.05) is 4.90 Å². The van der Waals surface area contributed by atoms with E-state index >= 15 is 0 Å². The average molecular weight is 779 g/mol. The molecule has 12 aromatic rings. The zero-order valence-corrected chi connectivity index (χ0v) is 33.2. The van der Waals surface area contributed by atoms with Crippen molar-refractivity contribution in [2.45, 2.75) is 0 Å². The van der Waals surface area contributed by atoms with E-state index in [9.17, 15) is 0 Å². The van der Waals surface area contributed by atoms with Gasteiger partial charge in [0.1, 0.15) is 11.2 Å². The number of aromatic nitrogens is 1. The van der Waals surface area contributed by atoms with Gasteiger partial charge in [-0.3, -0.25) is 0 Å². The van der Waals surface area contributed by atoms with Crippen LogP contribution < -0.4 is 4.90 Å². The van der Waals surface area contributed by atoms with E-state index in [0.717, 1.165) is 66.9 Å². The van der Waals surface area contributed by atoms with Crippen LogP contribution in [0.5, 0.6) is 0 Å². The van der Waals surface area contributed by atoms with E-state index in [1.807, 2.05) is 6.07 Å². The van der Waals surface area contributed by atoms with Gasteiger partial charge in [0.15, 0.2) is 0 Å². The van der Waals surface area contributed by atoms with Gasteiger partial charge in [-0.25, -0.2) is 0 Å². The Hall–Kier alpha value is -8.14. The van der Waals surface area contributed by atoms with E-state index < -0.39 is 0 Å². The monoisotopic (exact) mass is 778 g/mol. The second kappa shape index (κ2) is 14.3. The van der Waals surface area contributed by atoms with Crippen molar-refractivity contribution in [3.63, 3.8) is 0 Å². The number of hydrogen-bond acceptors (Lipinski definition) is 2. The van der Waals surface area contributed by atoms with Gasteiger partial charge in [0.05, 0.1) is 16.7 Å². The fourth-order valence-electron chi connectivity index (χ4n) is 9.53. The van der Waals surface area contributed by atoms with Gasteiger partial charge in [-0.2, -0.15) is 0 Å². The van der Waals surface area contributed by atoms with Gasteiger partial charge in [0.25, 0.3) is 0 Å². The first kappa shape index (κ1) is 34.9. The molecule has 0 aliphatic heterocycles. The third-order valence-corrected chi connectivity index (χ3v) is 12.2. The van der Waals surface area contributed by atoms with Crippen LogP contribution in [0, 0.1) is 0 Å². The largest absolute Gasteiger partial charge is 0.456 e. The Balaban J connectivity index is 1.13. The maximum atomic E-state index is 6.37. The lowest BCUT2D eigenvalue weighted by Crippen LogP contribution is -2.11. The molecule has 0 amide bonds. The second-order valence-electron chi connectivity index (χ2n) is 15.6. The molecule has 0 aliphatic carbocycles. The zero-order chi connectivity index (χ0) is 40.3. The Labute approximate surface area is 353 Å². The summed E-state index contributed by atoms with van der Waals surface area (Å²) in [6.45, 7) is 0. The summed E-state index contributed by atoms with van der Waals surface area (Å²) in [5, 5.41) is 7.12. The minimum absolute atomic E-state index is 0.885. The maximum Gasteiger partial charge on any atom is 0.136 e. The summed E-state index contributed by atoms with van der Waals surface area (Å²) in [6, 6.07) is 83.1. The van der Waals surface area contributed by atoms with E-state index in [1.54, 1.807) is 0 Å². The number of rotatable bonds is 7. The molecule has 2 aromatic heterocycles. The van der Waals surface area contributed by atoms with Crippen LogP contribution in [0.1, 0.15) is 0 Å².